The second kappa shape index (κ2) is 7.39. The van der Waals surface area contributed by atoms with Gasteiger partial charge in [-0.15, -0.1) is 0 Å². The maximum Gasteiger partial charge on any atom is 0.173 e. The first-order valence-corrected chi connectivity index (χ1v) is 10.5. The Kier molecular flexibility index (Phi) is 5.01. The average Bonchev–Trinajstić information content (AvgIpc) is 2.73. The summed E-state index contributed by atoms with van der Waals surface area (Å²) in [5.41, 5.74) is 4.80. The molecular weight excluding hydrogens is 370 g/mol. The molecule has 0 bridgehead atoms. The molecule has 1 atom stereocenters. The Bertz CT molecular complexity index is 1070. The molecule has 30 heavy (non-hydrogen) atoms. The fourth-order valence-electron chi connectivity index (χ4n) is 4.10. The number of hydrogen-bond donors (Lipinski definition) is 0. The molecule has 1 aliphatic heterocycles. The van der Waals surface area contributed by atoms with Crippen LogP contribution in [0.25, 0.3) is 11.3 Å². The van der Waals surface area contributed by atoms with Crippen molar-refractivity contribution in [2.24, 2.45) is 5.92 Å². The van der Waals surface area contributed by atoms with Gasteiger partial charge in [0, 0.05) is 17.2 Å². The molecule has 0 N–H and O–H groups in total. The summed E-state index contributed by atoms with van der Waals surface area (Å²) in [4.78, 5) is 17.8. The fourth-order valence-corrected chi connectivity index (χ4v) is 4.10. The van der Waals surface area contributed by atoms with Crippen molar-refractivity contribution < 1.29 is 9.53 Å². The molecule has 0 fully saturated rings. The van der Waals surface area contributed by atoms with Crippen LogP contribution in [0, 0.1) is 5.92 Å². The summed E-state index contributed by atoms with van der Waals surface area (Å²) in [5.74, 6) is 0.588. The number of hydrogen-bond acceptors (Lipinski definition) is 3. The van der Waals surface area contributed by atoms with Crippen LogP contribution in [0.3, 0.4) is 0 Å². The minimum Gasteiger partial charge on any atom is -0.492 e. The maximum absolute atomic E-state index is 13.2. The predicted molar refractivity (Wildman–Crippen MR) is 121 cm³/mol. The number of carbonyl (C=O) groups excluding carboxylic acids is 1. The largest absolute Gasteiger partial charge is 0.492 e. The van der Waals surface area contributed by atoms with Crippen molar-refractivity contribution in [2.75, 3.05) is 6.61 Å². The average molecular weight is 400 g/mol. The van der Waals surface area contributed by atoms with Crippen molar-refractivity contribution in [1.29, 1.82) is 0 Å². The van der Waals surface area contributed by atoms with E-state index < -0.39 is 0 Å². The summed E-state index contributed by atoms with van der Waals surface area (Å²) in [6.07, 6.45) is 1.84. The summed E-state index contributed by atoms with van der Waals surface area (Å²) < 4.78 is 5.94. The summed E-state index contributed by atoms with van der Waals surface area (Å²) >= 11 is 0. The van der Waals surface area contributed by atoms with E-state index >= 15 is 0 Å². The summed E-state index contributed by atoms with van der Waals surface area (Å²) in [7, 11) is 0. The van der Waals surface area contributed by atoms with Gasteiger partial charge in [0.25, 0.3) is 0 Å². The van der Waals surface area contributed by atoms with E-state index in [9.17, 15) is 4.79 Å². The third kappa shape index (κ3) is 3.65. The van der Waals surface area contributed by atoms with E-state index in [4.69, 9.17) is 4.74 Å². The fraction of sp³-hybridized carbons (Fsp3) is 0.333. The van der Waals surface area contributed by atoms with E-state index in [0.717, 1.165) is 16.8 Å². The molecule has 4 rings (SSSR count). The van der Waals surface area contributed by atoms with Crippen LogP contribution >= 0.6 is 0 Å². The molecule has 1 aliphatic rings. The SMILES string of the molecule is CC(C)(C)c1ccc(-c2cc(C(C)(C)C3COc4ccccc4C3=O)ccn2)cc1. The van der Waals surface area contributed by atoms with Crippen molar-refractivity contribution in [3.8, 4) is 17.0 Å². The first kappa shape index (κ1) is 20.3. The van der Waals surface area contributed by atoms with E-state index in [1.165, 1.54) is 5.56 Å². The standard InChI is InChI=1S/C27H29NO2/c1-26(2,3)19-12-10-18(11-13-19)23-16-20(14-15-28-23)27(4,5)22-17-30-24-9-7-6-8-21(24)25(22)29/h6-16,22H,17H2,1-5H3. The molecule has 1 aromatic heterocycles. The Balaban J connectivity index is 1.66. The van der Waals surface area contributed by atoms with Gasteiger partial charge in [-0.05, 0) is 40.8 Å². The van der Waals surface area contributed by atoms with Crippen molar-refractivity contribution in [2.45, 2.75) is 45.4 Å². The highest BCUT2D eigenvalue weighted by Crippen LogP contribution is 2.39. The molecule has 3 aromatic rings. The van der Waals surface area contributed by atoms with Crippen LogP contribution in [-0.4, -0.2) is 17.4 Å². The number of carbonyl (C=O) groups is 1. The smallest absolute Gasteiger partial charge is 0.173 e. The number of ether oxygens (including phenoxy) is 1. The third-order valence-electron chi connectivity index (χ3n) is 6.30. The Morgan fingerprint density at radius 2 is 1.60 bits per heavy atom. The number of ketones is 1. The first-order valence-electron chi connectivity index (χ1n) is 10.5. The molecular formula is C27H29NO2. The summed E-state index contributed by atoms with van der Waals surface area (Å²) in [5, 5.41) is 0. The molecule has 154 valence electrons. The summed E-state index contributed by atoms with van der Waals surface area (Å²) in [6, 6.07) is 20.2. The zero-order chi connectivity index (χ0) is 21.5. The van der Waals surface area contributed by atoms with Gasteiger partial charge in [0.15, 0.2) is 5.78 Å². The van der Waals surface area contributed by atoms with Crippen LogP contribution in [0.2, 0.25) is 0 Å². The summed E-state index contributed by atoms with van der Waals surface area (Å²) in [6.45, 7) is 11.3. The Labute approximate surface area is 179 Å². The lowest BCUT2D eigenvalue weighted by molar-refractivity contribution is 0.0737. The van der Waals surface area contributed by atoms with E-state index in [2.05, 4.69) is 69.9 Å². The normalized spacial score (nSPS) is 16.7. The van der Waals surface area contributed by atoms with Crippen molar-refractivity contribution in [3.05, 3.63) is 83.6 Å². The van der Waals surface area contributed by atoms with Crippen LogP contribution in [0.5, 0.6) is 5.75 Å². The molecule has 0 saturated heterocycles. The minimum atomic E-state index is -0.381. The number of Topliss-reactive ketones (excluding diaryl/α,β-unsaturated/α-hetero) is 1. The van der Waals surface area contributed by atoms with Crippen LogP contribution in [0.1, 0.15) is 56.1 Å². The monoisotopic (exact) mass is 399 g/mol. The zero-order valence-electron chi connectivity index (χ0n) is 18.4. The van der Waals surface area contributed by atoms with Gasteiger partial charge in [-0.2, -0.15) is 0 Å². The number of pyridine rings is 1. The highest BCUT2D eigenvalue weighted by atomic mass is 16.5. The molecule has 0 radical (unpaired) electrons. The lowest BCUT2D eigenvalue weighted by Gasteiger charge is -2.36. The molecule has 0 saturated carbocycles. The van der Waals surface area contributed by atoms with Gasteiger partial charge in [-0.1, -0.05) is 71.0 Å². The Morgan fingerprint density at radius 3 is 2.30 bits per heavy atom. The molecule has 1 unspecified atom stereocenters. The molecule has 0 aliphatic carbocycles. The van der Waals surface area contributed by atoms with Crippen molar-refractivity contribution in [1.82, 2.24) is 4.98 Å². The van der Waals surface area contributed by atoms with Gasteiger partial charge in [-0.25, -0.2) is 0 Å². The van der Waals surface area contributed by atoms with Crippen LogP contribution in [-0.2, 0) is 10.8 Å². The number of para-hydroxylation sites is 1. The topological polar surface area (TPSA) is 39.2 Å². The van der Waals surface area contributed by atoms with E-state index in [-0.39, 0.29) is 22.5 Å². The molecule has 0 spiro atoms. The molecule has 3 heteroatoms. The molecule has 2 heterocycles. The van der Waals surface area contributed by atoms with Gasteiger partial charge in [-0.3, -0.25) is 9.78 Å². The maximum atomic E-state index is 13.2. The third-order valence-corrected chi connectivity index (χ3v) is 6.30. The van der Waals surface area contributed by atoms with Crippen molar-refractivity contribution >= 4 is 5.78 Å². The highest BCUT2D eigenvalue weighted by Gasteiger charge is 2.41. The lowest BCUT2D eigenvalue weighted by Crippen LogP contribution is -2.41. The number of rotatable bonds is 3. The number of aromatic nitrogens is 1. The lowest BCUT2D eigenvalue weighted by atomic mass is 9.70. The van der Waals surface area contributed by atoms with Gasteiger partial charge in [0.2, 0.25) is 0 Å². The Morgan fingerprint density at radius 1 is 0.900 bits per heavy atom. The van der Waals surface area contributed by atoms with Crippen LogP contribution in [0.4, 0.5) is 0 Å². The van der Waals surface area contributed by atoms with Crippen LogP contribution < -0.4 is 4.74 Å². The molecule has 0 amide bonds. The quantitative estimate of drug-likeness (QED) is 0.525. The van der Waals surface area contributed by atoms with Gasteiger partial charge >= 0.3 is 0 Å². The van der Waals surface area contributed by atoms with E-state index in [1.807, 2.05) is 36.5 Å². The number of benzene rings is 2. The second-order valence-electron chi connectivity index (χ2n) is 9.70. The number of fused-ring (bicyclic) bond motifs is 1. The second-order valence-corrected chi connectivity index (χ2v) is 9.70. The zero-order valence-corrected chi connectivity index (χ0v) is 18.4. The first-order chi connectivity index (χ1) is 14.2. The number of nitrogens with zero attached hydrogens (tertiary/aromatic N) is 1. The molecule has 2 aromatic carbocycles. The van der Waals surface area contributed by atoms with Gasteiger partial charge in [0.05, 0.1) is 23.8 Å². The van der Waals surface area contributed by atoms with Crippen molar-refractivity contribution in [3.63, 3.8) is 0 Å². The van der Waals surface area contributed by atoms with Crippen LogP contribution in [0.15, 0.2) is 66.9 Å². The molecule has 3 nitrogen and oxygen atoms in total. The van der Waals surface area contributed by atoms with E-state index in [1.54, 1.807) is 0 Å². The highest BCUT2D eigenvalue weighted by molar-refractivity contribution is 6.02. The van der Waals surface area contributed by atoms with Gasteiger partial charge < -0.3 is 4.74 Å². The van der Waals surface area contributed by atoms with Gasteiger partial charge in [0.1, 0.15) is 5.75 Å². The minimum absolute atomic E-state index is 0.118. The predicted octanol–water partition coefficient (Wildman–Crippen LogP) is 6.22. The van der Waals surface area contributed by atoms with E-state index in [0.29, 0.717) is 17.9 Å². The Hall–Kier alpha value is -2.94.